The SMILES string of the molecule is CO[C@@H]1CC[C@H](N2C=C(c3ccc(C(C)(C)O)nc3)N=CC2)C1. The first-order valence-electron chi connectivity index (χ1n) is 8.19. The maximum Gasteiger partial charge on any atom is 0.101 e. The van der Waals surface area contributed by atoms with Crippen LogP contribution in [0.25, 0.3) is 5.70 Å². The van der Waals surface area contributed by atoms with Gasteiger partial charge >= 0.3 is 0 Å². The summed E-state index contributed by atoms with van der Waals surface area (Å²) in [6.45, 7) is 4.32. The number of nitrogens with zero attached hydrogens (tertiary/aromatic N) is 3. The van der Waals surface area contributed by atoms with E-state index in [1.54, 1.807) is 27.2 Å². The van der Waals surface area contributed by atoms with Gasteiger partial charge < -0.3 is 14.7 Å². The number of ether oxygens (including phenoxy) is 1. The molecule has 1 fully saturated rings. The van der Waals surface area contributed by atoms with Gasteiger partial charge in [-0.1, -0.05) is 0 Å². The molecule has 0 aromatic carbocycles. The Bertz CT molecular complexity index is 602. The van der Waals surface area contributed by atoms with E-state index in [1.165, 1.54) is 0 Å². The molecule has 0 saturated heterocycles. The molecule has 0 radical (unpaired) electrons. The summed E-state index contributed by atoms with van der Waals surface area (Å²) >= 11 is 0. The third kappa shape index (κ3) is 3.62. The van der Waals surface area contributed by atoms with E-state index in [1.807, 2.05) is 18.3 Å². The lowest BCUT2D eigenvalue weighted by Crippen LogP contribution is -2.32. The molecule has 0 amide bonds. The molecular weight excluding hydrogens is 290 g/mol. The van der Waals surface area contributed by atoms with Gasteiger partial charge in [-0.3, -0.25) is 9.98 Å². The van der Waals surface area contributed by atoms with Crippen LogP contribution in [0.3, 0.4) is 0 Å². The van der Waals surface area contributed by atoms with Gasteiger partial charge in [0, 0.05) is 37.3 Å². The van der Waals surface area contributed by atoms with E-state index < -0.39 is 5.60 Å². The molecule has 2 aliphatic rings. The molecule has 1 aliphatic carbocycles. The number of pyridine rings is 1. The van der Waals surface area contributed by atoms with Gasteiger partial charge in [-0.05, 0) is 45.2 Å². The van der Waals surface area contributed by atoms with E-state index in [9.17, 15) is 5.11 Å². The van der Waals surface area contributed by atoms with Crippen molar-refractivity contribution >= 4 is 11.9 Å². The highest BCUT2D eigenvalue weighted by Gasteiger charge is 2.28. The largest absolute Gasteiger partial charge is 0.384 e. The molecule has 0 unspecified atom stereocenters. The molecule has 1 aliphatic heterocycles. The quantitative estimate of drug-likeness (QED) is 0.928. The standard InChI is InChI=1S/C18H25N3O2/c1-18(2,22)17-7-4-13(11-20-17)16-12-21(9-8-19-16)14-5-6-15(10-14)23-3/h4,7-8,11-12,14-15,22H,5-6,9-10H2,1-3H3/t14-,15+/m0/s1. The minimum Gasteiger partial charge on any atom is -0.384 e. The Morgan fingerprint density at radius 1 is 1.30 bits per heavy atom. The van der Waals surface area contributed by atoms with Gasteiger partial charge in [0.15, 0.2) is 0 Å². The topological polar surface area (TPSA) is 58.0 Å². The molecule has 2 atom stereocenters. The maximum absolute atomic E-state index is 10.00. The van der Waals surface area contributed by atoms with Crippen molar-refractivity contribution in [3.63, 3.8) is 0 Å². The Morgan fingerprint density at radius 3 is 2.74 bits per heavy atom. The predicted octanol–water partition coefficient (Wildman–Crippen LogP) is 2.56. The van der Waals surface area contributed by atoms with Gasteiger partial charge in [0.2, 0.25) is 0 Å². The highest BCUT2D eigenvalue weighted by atomic mass is 16.5. The first kappa shape index (κ1) is 16.1. The van der Waals surface area contributed by atoms with Crippen molar-refractivity contribution in [1.82, 2.24) is 9.88 Å². The van der Waals surface area contributed by atoms with Gasteiger partial charge in [-0.15, -0.1) is 0 Å². The number of rotatable bonds is 4. The molecule has 2 heterocycles. The molecule has 5 nitrogen and oxygen atoms in total. The molecule has 0 spiro atoms. The number of aliphatic hydroxyl groups is 1. The second kappa shape index (κ2) is 6.42. The lowest BCUT2D eigenvalue weighted by atomic mass is 10.0. The fourth-order valence-corrected chi connectivity index (χ4v) is 3.22. The first-order chi connectivity index (χ1) is 11.0. The van der Waals surface area contributed by atoms with Crippen molar-refractivity contribution in [2.24, 2.45) is 4.99 Å². The van der Waals surface area contributed by atoms with Crippen LogP contribution in [0.5, 0.6) is 0 Å². The van der Waals surface area contributed by atoms with Gasteiger partial charge in [-0.2, -0.15) is 0 Å². The van der Waals surface area contributed by atoms with Crippen molar-refractivity contribution in [2.45, 2.75) is 50.9 Å². The van der Waals surface area contributed by atoms with E-state index in [2.05, 4.69) is 21.1 Å². The van der Waals surface area contributed by atoms with Crippen molar-refractivity contribution in [2.75, 3.05) is 13.7 Å². The molecule has 5 heteroatoms. The third-order valence-electron chi connectivity index (χ3n) is 4.66. The summed E-state index contributed by atoms with van der Waals surface area (Å²) < 4.78 is 5.47. The summed E-state index contributed by atoms with van der Waals surface area (Å²) in [7, 11) is 1.79. The Morgan fingerprint density at radius 2 is 2.13 bits per heavy atom. The van der Waals surface area contributed by atoms with E-state index in [-0.39, 0.29) is 0 Å². The van der Waals surface area contributed by atoms with Crippen molar-refractivity contribution in [1.29, 1.82) is 0 Å². The summed E-state index contributed by atoms with van der Waals surface area (Å²) in [6.07, 6.45) is 9.61. The van der Waals surface area contributed by atoms with Crippen molar-refractivity contribution in [3.05, 3.63) is 35.8 Å². The molecule has 1 N–H and O–H groups in total. The smallest absolute Gasteiger partial charge is 0.101 e. The normalized spacial score (nSPS) is 24.9. The predicted molar refractivity (Wildman–Crippen MR) is 91.1 cm³/mol. The number of hydrogen-bond acceptors (Lipinski definition) is 5. The lowest BCUT2D eigenvalue weighted by Gasteiger charge is -2.29. The Labute approximate surface area is 137 Å². The lowest BCUT2D eigenvalue weighted by molar-refractivity contribution is 0.0738. The average molecular weight is 315 g/mol. The summed E-state index contributed by atoms with van der Waals surface area (Å²) in [5.74, 6) is 0. The maximum atomic E-state index is 10.00. The van der Waals surface area contributed by atoms with Crippen LogP contribution in [0.4, 0.5) is 0 Å². The summed E-state index contributed by atoms with van der Waals surface area (Å²) in [5, 5.41) is 10.00. The molecule has 124 valence electrons. The second-order valence-corrected chi connectivity index (χ2v) is 6.84. The zero-order valence-corrected chi connectivity index (χ0v) is 14.1. The zero-order chi connectivity index (χ0) is 16.4. The average Bonchev–Trinajstić information content (AvgIpc) is 3.03. The van der Waals surface area contributed by atoms with Crippen LogP contribution < -0.4 is 0 Å². The minimum atomic E-state index is -0.923. The van der Waals surface area contributed by atoms with Crippen LogP contribution in [-0.2, 0) is 10.3 Å². The Hall–Kier alpha value is -1.72. The molecular formula is C18H25N3O2. The highest BCUT2D eigenvalue weighted by Crippen LogP contribution is 2.29. The molecule has 1 aromatic rings. The van der Waals surface area contributed by atoms with Crippen LogP contribution in [0.2, 0.25) is 0 Å². The first-order valence-corrected chi connectivity index (χ1v) is 8.19. The van der Waals surface area contributed by atoms with Crippen LogP contribution >= 0.6 is 0 Å². The van der Waals surface area contributed by atoms with Crippen LogP contribution in [0, 0.1) is 0 Å². The van der Waals surface area contributed by atoms with E-state index in [0.717, 1.165) is 37.1 Å². The van der Waals surface area contributed by atoms with Gasteiger partial charge in [-0.25, -0.2) is 0 Å². The molecule has 1 saturated carbocycles. The second-order valence-electron chi connectivity index (χ2n) is 6.84. The van der Waals surface area contributed by atoms with Crippen molar-refractivity contribution in [3.8, 4) is 0 Å². The number of aromatic nitrogens is 1. The van der Waals surface area contributed by atoms with Crippen LogP contribution in [-0.4, -0.2) is 47.0 Å². The Balaban J connectivity index is 1.75. The Kier molecular flexibility index (Phi) is 4.50. The van der Waals surface area contributed by atoms with Crippen LogP contribution in [0.1, 0.15) is 44.4 Å². The number of aliphatic imine (C=N–C) groups is 1. The molecule has 3 rings (SSSR count). The number of methoxy groups -OCH3 is 1. The highest BCUT2D eigenvalue weighted by molar-refractivity contribution is 5.76. The zero-order valence-electron chi connectivity index (χ0n) is 14.1. The van der Waals surface area contributed by atoms with E-state index >= 15 is 0 Å². The number of hydrogen-bond donors (Lipinski definition) is 1. The van der Waals surface area contributed by atoms with E-state index in [4.69, 9.17) is 4.74 Å². The third-order valence-corrected chi connectivity index (χ3v) is 4.66. The summed E-state index contributed by atoms with van der Waals surface area (Å²) in [4.78, 5) is 11.2. The monoisotopic (exact) mass is 315 g/mol. The van der Waals surface area contributed by atoms with Crippen LogP contribution in [0.15, 0.2) is 29.5 Å². The summed E-state index contributed by atoms with van der Waals surface area (Å²) in [6, 6.07) is 4.35. The van der Waals surface area contributed by atoms with Gasteiger partial charge in [0.05, 0.1) is 24.0 Å². The summed E-state index contributed by atoms with van der Waals surface area (Å²) in [5.41, 5.74) is 1.64. The fourth-order valence-electron chi connectivity index (χ4n) is 3.22. The molecule has 23 heavy (non-hydrogen) atoms. The molecule has 1 aromatic heterocycles. The van der Waals surface area contributed by atoms with Gasteiger partial charge in [0.25, 0.3) is 0 Å². The van der Waals surface area contributed by atoms with Gasteiger partial charge in [0.1, 0.15) is 5.60 Å². The minimum absolute atomic E-state index is 0.378. The fraction of sp³-hybridized carbons (Fsp3) is 0.556. The van der Waals surface area contributed by atoms with E-state index in [0.29, 0.717) is 17.8 Å². The molecule has 0 bridgehead atoms. The van der Waals surface area contributed by atoms with Crippen molar-refractivity contribution < 1.29 is 9.84 Å².